The summed E-state index contributed by atoms with van der Waals surface area (Å²) in [5.41, 5.74) is 4.90. The summed E-state index contributed by atoms with van der Waals surface area (Å²) >= 11 is 0. The number of imide groups is 1. The highest BCUT2D eigenvalue weighted by molar-refractivity contribution is 7.54. The summed E-state index contributed by atoms with van der Waals surface area (Å²) in [6.07, 6.45) is -4.01. The molecular formula is C23H34N3O9P. The van der Waals surface area contributed by atoms with E-state index in [2.05, 4.69) is 5.32 Å². The molecule has 2 aliphatic heterocycles. The van der Waals surface area contributed by atoms with Gasteiger partial charge in [0.05, 0.1) is 30.3 Å². The van der Waals surface area contributed by atoms with Gasteiger partial charge in [-0.3, -0.25) is 24.3 Å². The average molecular weight is 528 g/mol. The van der Waals surface area contributed by atoms with Crippen molar-refractivity contribution in [2.45, 2.75) is 64.2 Å². The number of aliphatic hydroxyl groups is 1. The van der Waals surface area contributed by atoms with Gasteiger partial charge in [-0.15, -0.1) is 0 Å². The van der Waals surface area contributed by atoms with Crippen LogP contribution < -0.4 is 15.6 Å². The molecule has 200 valence electrons. The summed E-state index contributed by atoms with van der Waals surface area (Å²) in [6.45, 7) is 6.15. The number of ether oxygens (including phenoxy) is 2. The van der Waals surface area contributed by atoms with E-state index in [0.717, 1.165) is 0 Å². The van der Waals surface area contributed by atoms with E-state index >= 15 is 0 Å². The van der Waals surface area contributed by atoms with Gasteiger partial charge in [0, 0.05) is 13.0 Å². The summed E-state index contributed by atoms with van der Waals surface area (Å²) in [7, 11) is -3.96. The lowest BCUT2D eigenvalue weighted by molar-refractivity contribution is -0.151. The number of nitrogens with two attached hydrogens (primary N) is 1. The summed E-state index contributed by atoms with van der Waals surface area (Å²) < 4.78 is 36.2. The summed E-state index contributed by atoms with van der Waals surface area (Å²) in [5, 5.41) is 13.0. The topological polar surface area (TPSA) is 167 Å². The smallest absolute Gasteiger partial charge is 0.380 e. The van der Waals surface area contributed by atoms with Crippen molar-refractivity contribution in [3.63, 3.8) is 0 Å². The van der Waals surface area contributed by atoms with Crippen LogP contribution in [0.15, 0.2) is 30.3 Å². The zero-order valence-corrected chi connectivity index (χ0v) is 21.7. The molecule has 2 saturated heterocycles. The number of nitrogens with zero attached hydrogens (tertiary/aromatic N) is 1. The number of benzene rings is 1. The third-order valence-corrected chi connectivity index (χ3v) is 7.90. The number of aliphatic hydroxyl groups excluding tert-OH is 1. The van der Waals surface area contributed by atoms with Crippen molar-refractivity contribution in [3.8, 4) is 5.75 Å². The lowest BCUT2D eigenvalue weighted by Crippen LogP contribution is -2.64. The van der Waals surface area contributed by atoms with E-state index in [0.29, 0.717) is 0 Å². The molecule has 0 aliphatic carbocycles. The first-order valence-corrected chi connectivity index (χ1v) is 13.5. The van der Waals surface area contributed by atoms with E-state index in [-0.39, 0.29) is 31.0 Å². The first kappa shape index (κ1) is 28.1. The van der Waals surface area contributed by atoms with Gasteiger partial charge in [-0.25, -0.2) is 9.36 Å². The molecule has 13 heteroatoms. The van der Waals surface area contributed by atoms with E-state index in [1.54, 1.807) is 51.1 Å². The van der Waals surface area contributed by atoms with Crippen LogP contribution in [0.5, 0.6) is 5.75 Å². The van der Waals surface area contributed by atoms with Crippen LogP contribution in [0.2, 0.25) is 0 Å². The zero-order chi connectivity index (χ0) is 26.7. The van der Waals surface area contributed by atoms with Crippen molar-refractivity contribution in [1.82, 2.24) is 10.2 Å². The maximum absolute atomic E-state index is 13.7. The van der Waals surface area contributed by atoms with Crippen LogP contribution in [-0.4, -0.2) is 77.3 Å². The molecule has 1 aromatic carbocycles. The minimum absolute atomic E-state index is 0.0590. The second kappa shape index (κ2) is 11.3. The van der Waals surface area contributed by atoms with Crippen molar-refractivity contribution < 1.29 is 42.6 Å². The van der Waals surface area contributed by atoms with Crippen LogP contribution in [0.4, 0.5) is 4.79 Å². The van der Waals surface area contributed by atoms with Gasteiger partial charge in [0.15, 0.2) is 6.23 Å². The number of para-hydroxylation sites is 1. The van der Waals surface area contributed by atoms with Gasteiger partial charge in [0.25, 0.3) is 0 Å². The highest BCUT2D eigenvalue weighted by Gasteiger charge is 2.55. The number of hydrogen-bond donors (Lipinski definition) is 3. The second-order valence-electron chi connectivity index (χ2n) is 9.51. The standard InChI is InChI=1S/C23H34N3O9P/c1-14(2)33-20(29)15(3)13-36(31,35-16-8-6-5-7-9-16)32-12-17-19(28)23(4,24)21(34-17)26-11-10-18(27)25-22(26)30/h5-9,14-15,17,19,21,28H,10-13,24H2,1-4H3,(H,25,27,30)/t15-,17-,19-,21-,23-,36?/m1/s1. The highest BCUT2D eigenvalue weighted by Crippen LogP contribution is 2.50. The van der Waals surface area contributed by atoms with E-state index in [4.69, 9.17) is 24.3 Å². The Morgan fingerprint density at radius 3 is 2.58 bits per heavy atom. The van der Waals surface area contributed by atoms with Gasteiger partial charge >= 0.3 is 19.6 Å². The fraction of sp³-hybridized carbons (Fsp3) is 0.609. The van der Waals surface area contributed by atoms with Crippen LogP contribution in [0.3, 0.4) is 0 Å². The number of nitrogens with one attached hydrogen (secondary N) is 1. The van der Waals surface area contributed by atoms with Gasteiger partial charge in [-0.1, -0.05) is 25.1 Å². The maximum Gasteiger partial charge on any atom is 0.380 e. The van der Waals surface area contributed by atoms with Crippen LogP contribution in [0.25, 0.3) is 0 Å². The number of amides is 3. The van der Waals surface area contributed by atoms with Crippen molar-refractivity contribution in [2.24, 2.45) is 11.7 Å². The first-order valence-electron chi connectivity index (χ1n) is 11.7. The Hall–Kier alpha value is -2.50. The fourth-order valence-corrected chi connectivity index (χ4v) is 5.85. The second-order valence-corrected chi connectivity index (χ2v) is 11.5. The molecule has 36 heavy (non-hydrogen) atoms. The number of urea groups is 1. The summed E-state index contributed by atoms with van der Waals surface area (Å²) in [4.78, 5) is 37.4. The number of carbonyl (C=O) groups excluding carboxylic acids is 3. The van der Waals surface area contributed by atoms with Gasteiger partial charge in [-0.2, -0.15) is 0 Å². The SMILES string of the molecule is CC(C)OC(=O)[C@H](C)CP(=O)(OC[C@H]1O[C@@H](N2CCC(=O)NC2=O)[C@](C)(N)[C@@H]1O)Oc1ccccc1. The summed E-state index contributed by atoms with van der Waals surface area (Å²) in [6, 6.07) is 7.65. The molecule has 6 atom stereocenters. The molecule has 2 aliphatic rings. The van der Waals surface area contributed by atoms with Crippen molar-refractivity contribution >= 4 is 25.5 Å². The fourth-order valence-electron chi connectivity index (χ4n) is 3.98. The molecule has 1 aromatic rings. The molecule has 3 amide bonds. The van der Waals surface area contributed by atoms with Crippen molar-refractivity contribution in [3.05, 3.63) is 30.3 Å². The number of hydrogen-bond acceptors (Lipinski definition) is 10. The average Bonchev–Trinajstić information content (AvgIpc) is 3.01. The molecule has 4 N–H and O–H groups in total. The van der Waals surface area contributed by atoms with Gasteiger partial charge in [-0.05, 0) is 32.9 Å². The molecule has 12 nitrogen and oxygen atoms in total. The molecule has 2 heterocycles. The lowest BCUT2D eigenvalue weighted by Gasteiger charge is -2.38. The van der Waals surface area contributed by atoms with Crippen LogP contribution in [0.1, 0.15) is 34.1 Å². The minimum Gasteiger partial charge on any atom is -0.463 e. The minimum atomic E-state index is -3.96. The Balaban J connectivity index is 1.74. The number of carbonyl (C=O) groups is 3. The van der Waals surface area contributed by atoms with Crippen molar-refractivity contribution in [2.75, 3.05) is 19.3 Å². The van der Waals surface area contributed by atoms with Gasteiger partial charge < -0.3 is 24.8 Å². The Kier molecular flexibility index (Phi) is 8.79. The molecule has 0 bridgehead atoms. The molecule has 3 rings (SSSR count). The van der Waals surface area contributed by atoms with E-state index < -0.39 is 62.0 Å². The lowest BCUT2D eigenvalue weighted by atomic mass is 9.93. The van der Waals surface area contributed by atoms with Crippen LogP contribution >= 0.6 is 7.60 Å². The van der Waals surface area contributed by atoms with Crippen LogP contribution in [-0.2, 0) is 28.2 Å². The van der Waals surface area contributed by atoms with Gasteiger partial charge in [0.1, 0.15) is 18.0 Å². The third kappa shape index (κ3) is 6.63. The normalized spacial score (nSPS) is 29.0. The molecule has 1 unspecified atom stereocenters. The summed E-state index contributed by atoms with van der Waals surface area (Å²) in [5.74, 6) is -1.51. The Morgan fingerprint density at radius 2 is 1.97 bits per heavy atom. The van der Waals surface area contributed by atoms with Crippen molar-refractivity contribution in [1.29, 1.82) is 0 Å². The predicted octanol–water partition coefficient (Wildman–Crippen LogP) is 1.61. The number of rotatable bonds is 10. The Morgan fingerprint density at radius 1 is 1.31 bits per heavy atom. The van der Waals surface area contributed by atoms with Crippen LogP contribution in [0, 0.1) is 5.92 Å². The molecule has 0 aromatic heterocycles. The Bertz CT molecular complexity index is 1000. The highest BCUT2D eigenvalue weighted by atomic mass is 31.2. The first-order chi connectivity index (χ1) is 16.8. The van der Waals surface area contributed by atoms with E-state index in [1.807, 2.05) is 0 Å². The predicted molar refractivity (Wildman–Crippen MR) is 128 cm³/mol. The Labute approximate surface area is 209 Å². The quantitative estimate of drug-likeness (QED) is 0.300. The third-order valence-electron chi connectivity index (χ3n) is 5.87. The molecule has 0 radical (unpaired) electrons. The van der Waals surface area contributed by atoms with E-state index in [1.165, 1.54) is 11.8 Å². The largest absolute Gasteiger partial charge is 0.463 e. The number of esters is 1. The monoisotopic (exact) mass is 527 g/mol. The molecule has 0 spiro atoms. The molecule has 2 fully saturated rings. The van der Waals surface area contributed by atoms with Gasteiger partial charge in [0.2, 0.25) is 5.91 Å². The maximum atomic E-state index is 13.7. The molecular weight excluding hydrogens is 493 g/mol. The van der Waals surface area contributed by atoms with E-state index in [9.17, 15) is 24.1 Å². The zero-order valence-electron chi connectivity index (χ0n) is 20.8. The molecule has 0 saturated carbocycles.